The van der Waals surface area contributed by atoms with Crippen LogP contribution in [-0.4, -0.2) is 82.8 Å². The normalized spacial score (nSPS) is 16.1. The van der Waals surface area contributed by atoms with Crippen molar-refractivity contribution in [3.63, 3.8) is 0 Å². The average Bonchev–Trinajstić information content (AvgIpc) is 2.35. The van der Waals surface area contributed by atoms with Crippen LogP contribution in [0.4, 0.5) is 0 Å². The van der Waals surface area contributed by atoms with Gasteiger partial charge in [0.2, 0.25) is 0 Å². The summed E-state index contributed by atoms with van der Waals surface area (Å²) in [6.45, 7) is -1.64. The zero-order valence-corrected chi connectivity index (χ0v) is 9.94. The monoisotopic (exact) mass is 268 g/mol. The molecule has 0 saturated carbocycles. The van der Waals surface area contributed by atoms with Gasteiger partial charge < -0.3 is 35.0 Å². The third kappa shape index (κ3) is 9.28. The van der Waals surface area contributed by atoms with E-state index in [4.69, 9.17) is 25.2 Å². The van der Waals surface area contributed by atoms with E-state index in [1.54, 1.807) is 0 Å². The molecular weight excluding hydrogens is 248 g/mol. The van der Waals surface area contributed by atoms with Gasteiger partial charge in [-0.15, -0.1) is 0 Å². The van der Waals surface area contributed by atoms with E-state index in [1.165, 1.54) is 0 Å². The van der Waals surface area contributed by atoms with Gasteiger partial charge in [-0.25, -0.2) is 0 Å². The van der Waals surface area contributed by atoms with Gasteiger partial charge in [-0.3, -0.25) is 4.79 Å². The summed E-state index contributed by atoms with van der Waals surface area (Å²) in [5.74, 6) is -0.735. The molecule has 8 heteroatoms. The molecular formula is C10H20O8. The van der Waals surface area contributed by atoms with Gasteiger partial charge in [0, 0.05) is 0 Å². The van der Waals surface area contributed by atoms with Crippen LogP contribution in [0.25, 0.3) is 0 Å². The van der Waals surface area contributed by atoms with Crippen LogP contribution >= 0.6 is 0 Å². The number of hydrogen-bond acceptors (Lipinski definition) is 8. The maximum absolute atomic E-state index is 11.1. The summed E-state index contributed by atoms with van der Waals surface area (Å²) >= 11 is 0. The lowest BCUT2D eigenvalue weighted by atomic mass is 10.3. The minimum atomic E-state index is -1.14. The second kappa shape index (κ2) is 10.2. The highest BCUT2D eigenvalue weighted by atomic mass is 16.5. The molecule has 0 aromatic rings. The Balaban J connectivity index is 3.61. The highest BCUT2D eigenvalue weighted by molar-refractivity contribution is 5.69. The number of aliphatic hydroxyl groups excluding tert-OH is 5. The number of esters is 1. The molecule has 0 heterocycles. The number of carbonyl (C=O) groups excluding carboxylic acids is 1. The fraction of sp³-hybridized carbons (Fsp3) is 0.900. The van der Waals surface area contributed by atoms with Crippen molar-refractivity contribution in [2.45, 2.75) is 24.7 Å². The summed E-state index contributed by atoms with van der Waals surface area (Å²) in [5.41, 5.74) is 0. The van der Waals surface area contributed by atoms with Crippen LogP contribution < -0.4 is 0 Å². The largest absolute Gasteiger partial charge is 0.463 e. The van der Waals surface area contributed by atoms with Crippen molar-refractivity contribution < 1.29 is 39.8 Å². The van der Waals surface area contributed by atoms with E-state index in [-0.39, 0.29) is 26.2 Å². The number of aliphatic hydroxyl groups is 5. The highest BCUT2D eigenvalue weighted by Gasteiger charge is 2.14. The molecule has 3 atom stereocenters. The molecule has 3 unspecified atom stereocenters. The lowest BCUT2D eigenvalue weighted by molar-refractivity contribution is -0.150. The molecule has 0 rings (SSSR count). The van der Waals surface area contributed by atoms with Gasteiger partial charge in [0.25, 0.3) is 0 Å². The molecule has 0 bridgehead atoms. The van der Waals surface area contributed by atoms with Crippen LogP contribution in [0.1, 0.15) is 6.42 Å². The topological polar surface area (TPSA) is 137 Å². The zero-order valence-electron chi connectivity index (χ0n) is 9.94. The quantitative estimate of drug-likeness (QED) is 0.264. The molecule has 0 aromatic carbocycles. The van der Waals surface area contributed by atoms with Gasteiger partial charge in [0.15, 0.2) is 0 Å². The van der Waals surface area contributed by atoms with Crippen molar-refractivity contribution in [2.24, 2.45) is 0 Å². The summed E-state index contributed by atoms with van der Waals surface area (Å²) < 4.78 is 9.40. The molecule has 0 spiro atoms. The van der Waals surface area contributed by atoms with Crippen molar-refractivity contribution in [3.05, 3.63) is 0 Å². The molecule has 0 fully saturated rings. The molecule has 0 aliphatic heterocycles. The van der Waals surface area contributed by atoms with Crippen LogP contribution in [-0.2, 0) is 14.3 Å². The third-order valence-corrected chi connectivity index (χ3v) is 1.88. The Morgan fingerprint density at radius 3 is 1.94 bits per heavy atom. The van der Waals surface area contributed by atoms with E-state index in [0.717, 1.165) is 0 Å². The van der Waals surface area contributed by atoms with Crippen LogP contribution in [0.15, 0.2) is 0 Å². The first-order valence-corrected chi connectivity index (χ1v) is 5.48. The van der Waals surface area contributed by atoms with Gasteiger partial charge in [-0.1, -0.05) is 0 Å². The Morgan fingerprint density at radius 1 is 0.889 bits per heavy atom. The average molecular weight is 268 g/mol. The van der Waals surface area contributed by atoms with E-state index in [0.29, 0.717) is 0 Å². The molecule has 0 saturated heterocycles. The Kier molecular flexibility index (Phi) is 9.74. The van der Waals surface area contributed by atoms with Crippen LogP contribution in [0.2, 0.25) is 0 Å². The smallest absolute Gasteiger partial charge is 0.308 e. The highest BCUT2D eigenvalue weighted by Crippen LogP contribution is 1.98. The second-order valence-electron chi connectivity index (χ2n) is 3.75. The van der Waals surface area contributed by atoms with E-state index in [1.807, 2.05) is 0 Å². The van der Waals surface area contributed by atoms with Gasteiger partial charge in [-0.05, 0) is 0 Å². The summed E-state index contributed by atoms with van der Waals surface area (Å²) in [5, 5.41) is 44.1. The van der Waals surface area contributed by atoms with Crippen molar-refractivity contribution in [3.8, 4) is 0 Å². The number of ether oxygens (including phenoxy) is 2. The molecule has 18 heavy (non-hydrogen) atoms. The first-order valence-electron chi connectivity index (χ1n) is 5.48. The molecule has 5 N–H and O–H groups in total. The van der Waals surface area contributed by atoms with Crippen LogP contribution in [0, 0.1) is 0 Å². The maximum Gasteiger partial charge on any atom is 0.308 e. The Labute approximate surface area is 104 Å². The summed E-state index contributed by atoms with van der Waals surface area (Å²) in [7, 11) is 0. The molecule has 0 radical (unpaired) electrons. The fourth-order valence-corrected chi connectivity index (χ4v) is 0.945. The van der Waals surface area contributed by atoms with Crippen molar-refractivity contribution >= 4 is 5.97 Å². The predicted molar refractivity (Wildman–Crippen MR) is 58.6 cm³/mol. The molecule has 0 aliphatic rings. The van der Waals surface area contributed by atoms with Gasteiger partial charge in [-0.2, -0.15) is 0 Å². The Bertz CT molecular complexity index is 222. The lowest BCUT2D eigenvalue weighted by Crippen LogP contribution is -2.27. The van der Waals surface area contributed by atoms with Crippen molar-refractivity contribution in [2.75, 3.05) is 33.0 Å². The molecule has 0 amide bonds. The van der Waals surface area contributed by atoms with Gasteiger partial charge in [0.1, 0.15) is 18.8 Å². The minimum absolute atomic E-state index is 0.147. The molecule has 8 nitrogen and oxygen atoms in total. The number of rotatable bonds is 10. The number of hydrogen-bond donors (Lipinski definition) is 5. The molecule has 0 aliphatic carbocycles. The van der Waals surface area contributed by atoms with Gasteiger partial charge >= 0.3 is 5.97 Å². The van der Waals surface area contributed by atoms with Crippen LogP contribution in [0.5, 0.6) is 0 Å². The Hall–Kier alpha value is -0.770. The Morgan fingerprint density at radius 2 is 1.39 bits per heavy atom. The lowest BCUT2D eigenvalue weighted by Gasteiger charge is -2.13. The van der Waals surface area contributed by atoms with Crippen molar-refractivity contribution in [1.29, 1.82) is 0 Å². The van der Waals surface area contributed by atoms with E-state index in [9.17, 15) is 9.90 Å². The van der Waals surface area contributed by atoms with E-state index >= 15 is 0 Å². The predicted octanol–water partition coefficient (Wildman–Crippen LogP) is -3.00. The van der Waals surface area contributed by atoms with E-state index < -0.39 is 37.5 Å². The summed E-state index contributed by atoms with van der Waals surface area (Å²) in [6, 6.07) is 0. The standard InChI is InChI=1S/C10H20O8/c11-2-8(14)5-17-4-7(13)1-10(16)18-6-9(15)3-12/h7-9,11-15H,1-6H2. The third-order valence-electron chi connectivity index (χ3n) is 1.88. The van der Waals surface area contributed by atoms with Gasteiger partial charge in [0.05, 0.1) is 39.0 Å². The van der Waals surface area contributed by atoms with E-state index in [2.05, 4.69) is 4.74 Å². The maximum atomic E-state index is 11.1. The zero-order chi connectivity index (χ0) is 14.0. The first-order chi connectivity index (χ1) is 8.49. The second-order valence-corrected chi connectivity index (χ2v) is 3.75. The minimum Gasteiger partial charge on any atom is -0.463 e. The molecule has 0 aromatic heterocycles. The SMILES string of the molecule is O=C(CC(O)COCC(O)CO)OCC(O)CO. The van der Waals surface area contributed by atoms with Crippen LogP contribution in [0.3, 0.4) is 0 Å². The van der Waals surface area contributed by atoms with Crippen molar-refractivity contribution in [1.82, 2.24) is 0 Å². The molecule has 108 valence electrons. The number of carbonyl (C=O) groups is 1. The fourth-order valence-electron chi connectivity index (χ4n) is 0.945. The summed E-state index contributed by atoms with van der Waals surface area (Å²) in [6.07, 6.45) is -3.59. The summed E-state index contributed by atoms with van der Waals surface area (Å²) in [4.78, 5) is 11.1. The first kappa shape index (κ1) is 17.2.